The number of aromatic nitrogens is 1. The topological polar surface area (TPSA) is 39.3 Å². The lowest BCUT2D eigenvalue weighted by atomic mass is 9.98. The number of aromatic amines is 1. The zero-order chi connectivity index (χ0) is 18.1. The van der Waals surface area contributed by atoms with Gasteiger partial charge in [0.25, 0.3) is 0 Å². The molecule has 2 aromatic carbocycles. The van der Waals surface area contributed by atoms with Crippen molar-refractivity contribution in [2.75, 3.05) is 20.1 Å². The number of nitrogens with zero attached hydrogens (tertiary/aromatic N) is 2. The van der Waals surface area contributed by atoms with Gasteiger partial charge in [0.2, 0.25) is 5.91 Å². The number of rotatable bonds is 4. The molecule has 1 atom stereocenters. The van der Waals surface area contributed by atoms with Crippen molar-refractivity contribution in [1.82, 2.24) is 14.8 Å². The Morgan fingerprint density at radius 3 is 2.69 bits per heavy atom. The Hall–Kier alpha value is -2.59. The molecule has 0 saturated carbocycles. The molecule has 26 heavy (non-hydrogen) atoms. The molecular formula is C22H25N3O. The van der Waals surface area contributed by atoms with Crippen LogP contribution in [-0.2, 0) is 17.8 Å². The molecule has 1 aliphatic rings. The van der Waals surface area contributed by atoms with Crippen molar-refractivity contribution in [3.63, 3.8) is 0 Å². The van der Waals surface area contributed by atoms with Gasteiger partial charge in [-0.15, -0.1) is 0 Å². The summed E-state index contributed by atoms with van der Waals surface area (Å²) in [5, 5.41) is 1.29. The first-order chi connectivity index (χ1) is 12.6. The van der Waals surface area contributed by atoms with E-state index in [4.69, 9.17) is 0 Å². The maximum atomic E-state index is 12.9. The number of carbonyl (C=O) groups is 1. The highest BCUT2D eigenvalue weighted by Gasteiger charge is 2.30. The minimum Gasteiger partial charge on any atom is -0.356 e. The van der Waals surface area contributed by atoms with Crippen LogP contribution >= 0.6 is 0 Å². The molecule has 0 saturated heterocycles. The number of H-pyrrole nitrogens is 1. The maximum Gasteiger partial charge on any atom is 0.237 e. The number of amides is 1. The highest BCUT2D eigenvalue weighted by molar-refractivity contribution is 5.86. The molecule has 0 spiro atoms. The fraction of sp³-hybridized carbons (Fsp3) is 0.318. The summed E-state index contributed by atoms with van der Waals surface area (Å²) < 4.78 is 0. The Labute approximate surface area is 154 Å². The van der Waals surface area contributed by atoms with Gasteiger partial charge < -0.3 is 9.88 Å². The monoisotopic (exact) mass is 347 g/mol. The van der Waals surface area contributed by atoms with E-state index in [1.54, 1.807) is 0 Å². The molecule has 1 aromatic heterocycles. The van der Waals surface area contributed by atoms with Crippen molar-refractivity contribution >= 4 is 16.8 Å². The molecule has 4 heteroatoms. The number of hydrogen-bond acceptors (Lipinski definition) is 2. The van der Waals surface area contributed by atoms with Gasteiger partial charge in [0.05, 0.1) is 12.6 Å². The summed E-state index contributed by atoms with van der Waals surface area (Å²) in [7, 11) is 2.01. The third-order valence-electron chi connectivity index (χ3n) is 5.36. The molecular weight excluding hydrogens is 322 g/mol. The molecule has 4 nitrogen and oxygen atoms in total. The van der Waals surface area contributed by atoms with Crippen LogP contribution < -0.4 is 0 Å². The van der Waals surface area contributed by atoms with Crippen molar-refractivity contribution in [3.8, 4) is 0 Å². The zero-order valence-corrected chi connectivity index (χ0v) is 15.4. The van der Waals surface area contributed by atoms with Gasteiger partial charge in [-0.25, -0.2) is 0 Å². The van der Waals surface area contributed by atoms with Gasteiger partial charge >= 0.3 is 0 Å². The Morgan fingerprint density at radius 1 is 1.15 bits per heavy atom. The van der Waals surface area contributed by atoms with Gasteiger partial charge in [-0.2, -0.15) is 0 Å². The number of benzene rings is 2. The lowest BCUT2D eigenvalue weighted by Crippen LogP contribution is -2.43. The number of likely N-dealkylation sites (N-methyl/N-ethyl adjacent to an activating group) is 1. The lowest BCUT2D eigenvalue weighted by Gasteiger charge is -2.34. The summed E-state index contributed by atoms with van der Waals surface area (Å²) in [4.78, 5) is 20.5. The molecule has 0 aliphatic carbocycles. The van der Waals surface area contributed by atoms with Crippen molar-refractivity contribution in [2.24, 2.45) is 0 Å². The van der Waals surface area contributed by atoms with Gasteiger partial charge in [0.15, 0.2) is 0 Å². The van der Waals surface area contributed by atoms with Crippen LogP contribution in [0.2, 0.25) is 0 Å². The van der Waals surface area contributed by atoms with Crippen molar-refractivity contribution in [1.29, 1.82) is 0 Å². The van der Waals surface area contributed by atoms with Gasteiger partial charge in [0.1, 0.15) is 0 Å². The normalized spacial score (nSPS) is 16.9. The van der Waals surface area contributed by atoms with Crippen LogP contribution in [0, 0.1) is 0 Å². The number of carbonyl (C=O) groups excluding carboxylic acids is 1. The molecule has 4 rings (SSSR count). The Morgan fingerprint density at radius 2 is 1.88 bits per heavy atom. The number of hydrogen-bond donors (Lipinski definition) is 1. The largest absolute Gasteiger partial charge is 0.356 e. The summed E-state index contributed by atoms with van der Waals surface area (Å²) in [6, 6.07) is 18.8. The minimum absolute atomic E-state index is 0.0868. The van der Waals surface area contributed by atoms with E-state index in [2.05, 4.69) is 53.2 Å². The van der Waals surface area contributed by atoms with Gasteiger partial charge in [-0.3, -0.25) is 9.69 Å². The highest BCUT2D eigenvalue weighted by atomic mass is 16.2. The first-order valence-corrected chi connectivity index (χ1v) is 9.25. The van der Waals surface area contributed by atoms with E-state index in [1.165, 1.54) is 27.7 Å². The molecule has 3 aromatic rings. The second kappa shape index (κ2) is 6.96. The second-order valence-corrected chi connectivity index (χ2v) is 7.23. The summed E-state index contributed by atoms with van der Waals surface area (Å²) in [5.74, 6) is 0.195. The van der Waals surface area contributed by atoms with E-state index < -0.39 is 0 Å². The third kappa shape index (κ3) is 3.13. The predicted octanol–water partition coefficient (Wildman–Crippen LogP) is 3.75. The Bertz CT molecular complexity index is 916. The van der Waals surface area contributed by atoms with Gasteiger partial charge in [-0.1, -0.05) is 48.5 Å². The van der Waals surface area contributed by atoms with E-state index in [-0.39, 0.29) is 11.9 Å². The quantitative estimate of drug-likeness (QED) is 0.781. The Balaban J connectivity index is 1.47. The van der Waals surface area contributed by atoms with Crippen LogP contribution in [0.5, 0.6) is 0 Å². The highest BCUT2D eigenvalue weighted by Crippen LogP contribution is 2.34. The van der Waals surface area contributed by atoms with E-state index in [1.807, 2.05) is 30.1 Å². The first-order valence-electron chi connectivity index (χ1n) is 9.25. The molecule has 0 fully saturated rings. The molecule has 0 radical (unpaired) electrons. The van der Waals surface area contributed by atoms with E-state index >= 15 is 0 Å². The first kappa shape index (κ1) is 16.9. The predicted molar refractivity (Wildman–Crippen MR) is 105 cm³/mol. The van der Waals surface area contributed by atoms with Gasteiger partial charge in [0, 0.05) is 29.7 Å². The zero-order valence-electron chi connectivity index (χ0n) is 15.4. The Kier molecular flexibility index (Phi) is 4.51. The van der Waals surface area contributed by atoms with E-state index in [9.17, 15) is 4.79 Å². The fourth-order valence-electron chi connectivity index (χ4n) is 4.04. The van der Waals surface area contributed by atoms with E-state index in [0.29, 0.717) is 6.54 Å². The molecule has 134 valence electrons. The lowest BCUT2D eigenvalue weighted by molar-refractivity contribution is -0.134. The minimum atomic E-state index is 0.0868. The van der Waals surface area contributed by atoms with Crippen LogP contribution in [0.4, 0.5) is 0 Å². The number of nitrogens with one attached hydrogen (secondary N) is 1. The average Bonchev–Trinajstić information content (AvgIpc) is 3.02. The van der Waals surface area contributed by atoms with Crippen molar-refractivity contribution < 1.29 is 4.79 Å². The molecule has 0 bridgehead atoms. The summed E-state index contributed by atoms with van der Waals surface area (Å²) in [5.41, 5.74) is 4.96. The molecule has 2 heterocycles. The van der Waals surface area contributed by atoms with Crippen molar-refractivity contribution in [2.45, 2.75) is 25.9 Å². The fourth-order valence-corrected chi connectivity index (χ4v) is 4.04. The van der Waals surface area contributed by atoms with Crippen molar-refractivity contribution in [3.05, 3.63) is 71.4 Å². The van der Waals surface area contributed by atoms with E-state index in [0.717, 1.165) is 19.5 Å². The summed E-state index contributed by atoms with van der Waals surface area (Å²) in [6.45, 7) is 4.14. The van der Waals surface area contributed by atoms with Crippen LogP contribution in [0.3, 0.4) is 0 Å². The van der Waals surface area contributed by atoms with Crippen LogP contribution in [0.15, 0.2) is 54.6 Å². The summed E-state index contributed by atoms with van der Waals surface area (Å²) in [6.07, 6.45) is 0.915. The average molecular weight is 347 g/mol. The third-order valence-corrected chi connectivity index (χ3v) is 5.36. The molecule has 1 N–H and O–H groups in total. The molecule has 1 aliphatic heterocycles. The standard InChI is InChI=1S/C22H25N3O/c1-16-22-19(18-10-6-7-11-20(18)23-22)12-13-25(16)21(26)15-24(2)14-17-8-4-3-5-9-17/h3-11,16,23H,12-15H2,1-2H3. The second-order valence-electron chi connectivity index (χ2n) is 7.23. The smallest absolute Gasteiger partial charge is 0.237 e. The number of fused-ring (bicyclic) bond motifs is 3. The number of para-hydroxylation sites is 1. The van der Waals surface area contributed by atoms with Crippen LogP contribution in [0.1, 0.15) is 29.8 Å². The maximum absolute atomic E-state index is 12.9. The van der Waals surface area contributed by atoms with Crippen LogP contribution in [-0.4, -0.2) is 40.8 Å². The molecule has 1 unspecified atom stereocenters. The molecule has 1 amide bonds. The van der Waals surface area contributed by atoms with Gasteiger partial charge in [-0.05, 0) is 37.6 Å². The van der Waals surface area contributed by atoms with Crippen LogP contribution in [0.25, 0.3) is 10.9 Å². The SMILES string of the molecule is CC1c2[nH]c3ccccc3c2CCN1C(=O)CN(C)Cc1ccccc1. The summed E-state index contributed by atoms with van der Waals surface area (Å²) >= 11 is 0.